The zero-order chi connectivity index (χ0) is 16.1. The number of likely N-dealkylation sites (tertiary alicyclic amines) is 1. The van der Waals surface area contributed by atoms with Gasteiger partial charge < -0.3 is 0 Å². The Morgan fingerprint density at radius 3 is 1.96 bits per heavy atom. The van der Waals surface area contributed by atoms with E-state index in [4.69, 9.17) is 0 Å². The fraction of sp³-hybridized carbons (Fsp3) is 0.412. The minimum absolute atomic E-state index is 0.00346. The van der Waals surface area contributed by atoms with E-state index >= 15 is 0 Å². The number of benzene rings is 1. The molecule has 0 aromatic heterocycles. The summed E-state index contributed by atoms with van der Waals surface area (Å²) in [5, 5.41) is 10.7. The van der Waals surface area contributed by atoms with Crippen molar-refractivity contribution in [3.05, 3.63) is 52.1 Å². The lowest BCUT2D eigenvalue weighted by atomic mass is 9.63. The molecule has 5 rings (SSSR count). The molecule has 3 aliphatic carbocycles. The Balaban J connectivity index is 1.57. The van der Waals surface area contributed by atoms with Gasteiger partial charge in [-0.25, -0.2) is 0 Å². The van der Waals surface area contributed by atoms with E-state index in [-0.39, 0.29) is 47.7 Å². The van der Waals surface area contributed by atoms with E-state index in [2.05, 4.69) is 12.2 Å². The van der Waals surface area contributed by atoms with Crippen LogP contribution < -0.4 is 0 Å². The average Bonchev–Trinajstić information content (AvgIpc) is 2.83. The highest BCUT2D eigenvalue weighted by molar-refractivity contribution is 6.06. The van der Waals surface area contributed by atoms with Crippen molar-refractivity contribution in [3.63, 3.8) is 0 Å². The Hall–Kier alpha value is -2.50. The maximum Gasteiger partial charge on any atom is 0.269 e. The highest BCUT2D eigenvalue weighted by Gasteiger charge is 2.56. The fourth-order valence-electron chi connectivity index (χ4n) is 4.20. The van der Waals surface area contributed by atoms with E-state index in [1.54, 1.807) is 12.1 Å². The molecule has 1 saturated carbocycles. The zero-order valence-electron chi connectivity index (χ0n) is 12.4. The molecule has 0 unspecified atom stereocenters. The number of carbonyl (C=O) groups excluding carboxylic acids is 2. The molecule has 2 amide bonds. The Morgan fingerprint density at radius 2 is 1.52 bits per heavy atom. The molecule has 23 heavy (non-hydrogen) atoms. The van der Waals surface area contributed by atoms with Gasteiger partial charge in [0.1, 0.15) is 0 Å². The van der Waals surface area contributed by atoms with E-state index in [0.29, 0.717) is 0 Å². The molecule has 6 heteroatoms. The molecular formula is C17H16N2O4. The Bertz CT molecular complexity index is 693. The van der Waals surface area contributed by atoms with Gasteiger partial charge in [-0.15, -0.1) is 0 Å². The van der Waals surface area contributed by atoms with Crippen molar-refractivity contribution in [2.24, 2.45) is 23.7 Å². The number of rotatable bonds is 3. The van der Waals surface area contributed by atoms with Crippen LogP contribution in [-0.2, 0) is 16.1 Å². The number of allylic oxidation sites excluding steroid dienone is 2. The second-order valence-corrected chi connectivity index (χ2v) is 6.53. The van der Waals surface area contributed by atoms with Gasteiger partial charge in [-0.1, -0.05) is 24.3 Å². The molecule has 6 nitrogen and oxygen atoms in total. The van der Waals surface area contributed by atoms with E-state index in [9.17, 15) is 19.7 Å². The monoisotopic (exact) mass is 312 g/mol. The predicted octanol–water partition coefficient (Wildman–Crippen LogP) is 2.29. The topological polar surface area (TPSA) is 80.5 Å². The highest BCUT2D eigenvalue weighted by atomic mass is 16.6. The molecule has 1 heterocycles. The molecule has 4 aliphatic rings. The number of imide groups is 1. The first-order valence-corrected chi connectivity index (χ1v) is 7.83. The van der Waals surface area contributed by atoms with Gasteiger partial charge in [-0.05, 0) is 30.2 Å². The number of hydrogen-bond acceptors (Lipinski definition) is 4. The predicted molar refractivity (Wildman–Crippen MR) is 81.0 cm³/mol. The van der Waals surface area contributed by atoms with E-state index in [0.717, 1.165) is 18.4 Å². The molecular weight excluding hydrogens is 296 g/mol. The first kappa shape index (κ1) is 14.1. The lowest BCUT2D eigenvalue weighted by molar-refractivity contribution is -0.384. The first-order chi connectivity index (χ1) is 11.1. The highest BCUT2D eigenvalue weighted by Crippen LogP contribution is 2.49. The quantitative estimate of drug-likeness (QED) is 0.371. The summed E-state index contributed by atoms with van der Waals surface area (Å²) in [6.45, 7) is 0.197. The average molecular weight is 312 g/mol. The number of amides is 2. The van der Waals surface area contributed by atoms with Crippen LogP contribution >= 0.6 is 0 Å². The van der Waals surface area contributed by atoms with Crippen molar-refractivity contribution in [3.8, 4) is 0 Å². The SMILES string of the molecule is O=C1[C@H]2[C@H](C(=O)N1Cc1ccc([N+](=O)[O-])cc1)[C@@H]1C=C[C@@H]2CC1. The molecule has 2 bridgehead atoms. The summed E-state index contributed by atoms with van der Waals surface area (Å²) in [6.07, 6.45) is 6.14. The summed E-state index contributed by atoms with van der Waals surface area (Å²) >= 11 is 0. The van der Waals surface area contributed by atoms with Gasteiger partial charge in [0.05, 0.1) is 23.3 Å². The van der Waals surface area contributed by atoms with Gasteiger partial charge in [-0.3, -0.25) is 24.6 Å². The first-order valence-electron chi connectivity index (χ1n) is 7.83. The number of hydrogen-bond donors (Lipinski definition) is 0. The molecule has 1 aromatic carbocycles. The largest absolute Gasteiger partial charge is 0.278 e. The molecule has 0 radical (unpaired) electrons. The van der Waals surface area contributed by atoms with E-state index in [1.807, 2.05) is 0 Å². The minimum atomic E-state index is -0.464. The van der Waals surface area contributed by atoms with E-state index < -0.39 is 4.92 Å². The van der Waals surface area contributed by atoms with Crippen LogP contribution in [0.25, 0.3) is 0 Å². The van der Waals surface area contributed by atoms with Crippen molar-refractivity contribution in [1.82, 2.24) is 4.90 Å². The van der Waals surface area contributed by atoms with Crippen molar-refractivity contribution >= 4 is 17.5 Å². The summed E-state index contributed by atoms with van der Waals surface area (Å²) in [4.78, 5) is 36.9. The fourth-order valence-corrected chi connectivity index (χ4v) is 4.20. The maximum atomic E-state index is 12.7. The molecule has 0 N–H and O–H groups in total. The third kappa shape index (κ3) is 2.09. The van der Waals surface area contributed by atoms with Crippen molar-refractivity contribution < 1.29 is 14.5 Å². The summed E-state index contributed by atoms with van der Waals surface area (Å²) in [6, 6.07) is 6.01. The van der Waals surface area contributed by atoms with E-state index in [1.165, 1.54) is 17.0 Å². The minimum Gasteiger partial charge on any atom is -0.278 e. The second-order valence-electron chi connectivity index (χ2n) is 6.53. The Kier molecular flexibility index (Phi) is 3.07. The van der Waals surface area contributed by atoms with Gasteiger partial charge in [0.25, 0.3) is 5.69 Å². The van der Waals surface area contributed by atoms with Crippen LogP contribution in [0.15, 0.2) is 36.4 Å². The lowest BCUT2D eigenvalue weighted by Crippen LogP contribution is -2.38. The Labute approximate surface area is 132 Å². The van der Waals surface area contributed by atoms with Gasteiger partial charge in [0.2, 0.25) is 11.8 Å². The summed E-state index contributed by atoms with van der Waals surface area (Å²) in [5.41, 5.74) is 0.736. The number of nitro groups is 1. The summed E-state index contributed by atoms with van der Waals surface area (Å²) < 4.78 is 0. The van der Waals surface area contributed by atoms with Gasteiger partial charge >= 0.3 is 0 Å². The molecule has 1 aromatic rings. The van der Waals surface area contributed by atoms with Crippen LogP contribution in [-0.4, -0.2) is 21.6 Å². The normalized spacial score (nSPS) is 31.6. The van der Waals surface area contributed by atoms with Crippen LogP contribution in [0.2, 0.25) is 0 Å². The van der Waals surface area contributed by atoms with Crippen LogP contribution in [0.5, 0.6) is 0 Å². The molecule has 2 fully saturated rings. The number of carbonyl (C=O) groups is 2. The molecule has 1 aliphatic heterocycles. The number of nitro benzene ring substituents is 1. The molecule has 0 spiro atoms. The van der Waals surface area contributed by atoms with Crippen LogP contribution in [0.4, 0.5) is 5.69 Å². The van der Waals surface area contributed by atoms with Crippen LogP contribution in [0.3, 0.4) is 0 Å². The smallest absolute Gasteiger partial charge is 0.269 e. The zero-order valence-corrected chi connectivity index (χ0v) is 12.4. The van der Waals surface area contributed by atoms with Crippen molar-refractivity contribution in [2.45, 2.75) is 19.4 Å². The standard InChI is InChI=1S/C17H16N2O4/c20-16-14-11-3-4-12(6-5-11)15(14)17(21)18(16)9-10-1-7-13(8-2-10)19(22)23/h1-4,7-8,11-12,14-15H,5-6,9H2/t11-,12-,14-,15-/m1/s1. The Morgan fingerprint density at radius 1 is 1.00 bits per heavy atom. The number of nitrogens with zero attached hydrogens (tertiary/aromatic N) is 2. The molecule has 1 saturated heterocycles. The van der Waals surface area contributed by atoms with Gasteiger partial charge in [-0.2, -0.15) is 0 Å². The van der Waals surface area contributed by atoms with Crippen LogP contribution in [0.1, 0.15) is 18.4 Å². The van der Waals surface area contributed by atoms with Crippen molar-refractivity contribution in [1.29, 1.82) is 0 Å². The maximum absolute atomic E-state index is 12.7. The third-order valence-electron chi connectivity index (χ3n) is 5.34. The summed E-state index contributed by atoms with van der Waals surface area (Å²) in [7, 11) is 0. The third-order valence-corrected chi connectivity index (χ3v) is 5.34. The number of non-ortho nitro benzene ring substituents is 1. The second kappa shape index (κ2) is 5.01. The summed E-state index contributed by atoms with van der Waals surface area (Å²) in [5.74, 6) is -0.213. The van der Waals surface area contributed by atoms with Crippen LogP contribution in [0, 0.1) is 33.8 Å². The molecule has 118 valence electrons. The van der Waals surface area contributed by atoms with Gasteiger partial charge in [0, 0.05) is 12.1 Å². The molecule has 4 atom stereocenters. The number of fused-ring (bicyclic) bond motifs is 1. The van der Waals surface area contributed by atoms with Crippen molar-refractivity contribution in [2.75, 3.05) is 0 Å². The lowest BCUT2D eigenvalue weighted by Gasteiger charge is -2.38. The van der Waals surface area contributed by atoms with Gasteiger partial charge in [0.15, 0.2) is 0 Å².